The minimum Gasteiger partial charge on any atom is -0.508 e. The number of nitrogens with two attached hydrogens (primary N) is 4. The fourth-order valence-electron chi connectivity index (χ4n) is 8.66. The van der Waals surface area contributed by atoms with Gasteiger partial charge in [-0.25, -0.2) is 4.79 Å². The van der Waals surface area contributed by atoms with Gasteiger partial charge in [-0.2, -0.15) is 12.6 Å². The number of aliphatic carboxylic acids is 2. The van der Waals surface area contributed by atoms with E-state index in [2.05, 4.69) is 55.2 Å². The molecule has 0 aliphatic carbocycles. The molecule has 0 unspecified atom stereocenters. The molecule has 1 aromatic rings. The van der Waals surface area contributed by atoms with Gasteiger partial charge in [0.15, 0.2) is 0 Å². The molecular weight excluding hydrogens is 1090 g/mol. The Morgan fingerprint density at radius 1 is 0.634 bits per heavy atom. The summed E-state index contributed by atoms with van der Waals surface area (Å²) in [6, 6.07) is -9.32. The van der Waals surface area contributed by atoms with Crippen LogP contribution in [0.4, 0.5) is 0 Å². The van der Waals surface area contributed by atoms with Crippen LogP contribution >= 0.6 is 12.6 Å². The van der Waals surface area contributed by atoms with Crippen LogP contribution in [0, 0.1) is 17.8 Å². The number of aromatic hydroxyl groups is 1. The van der Waals surface area contributed by atoms with Crippen molar-refractivity contribution < 1.29 is 77.6 Å². The predicted octanol–water partition coefficient (Wildman–Crippen LogP) is -3.75. The molecule has 11 atom stereocenters. The van der Waals surface area contributed by atoms with Gasteiger partial charge in [0, 0.05) is 18.7 Å². The van der Waals surface area contributed by atoms with Crippen molar-refractivity contribution >= 4 is 89.5 Å². The van der Waals surface area contributed by atoms with Gasteiger partial charge in [-0.05, 0) is 74.1 Å². The van der Waals surface area contributed by atoms with Crippen LogP contribution in [0.15, 0.2) is 24.3 Å². The quantitative estimate of drug-likeness (QED) is 0.0227. The third kappa shape index (κ3) is 23.5. The molecule has 0 saturated carbocycles. The number of carboxylic acid groups (broad SMARTS) is 2. The van der Waals surface area contributed by atoms with Gasteiger partial charge in [0.05, 0.1) is 25.3 Å². The number of primary amides is 2. The molecule has 1 aromatic carbocycles. The number of benzene rings is 1. The van der Waals surface area contributed by atoms with E-state index in [4.69, 9.17) is 22.9 Å². The summed E-state index contributed by atoms with van der Waals surface area (Å²) in [7, 11) is 0. The van der Waals surface area contributed by atoms with Crippen LogP contribution in [-0.4, -0.2) is 176 Å². The van der Waals surface area contributed by atoms with Crippen LogP contribution < -0.4 is 65.5 Å². The van der Waals surface area contributed by atoms with Crippen LogP contribution in [-0.2, 0) is 68.7 Å². The van der Waals surface area contributed by atoms with Crippen LogP contribution in [0.5, 0.6) is 5.75 Å². The van der Waals surface area contributed by atoms with Crippen LogP contribution in [0.3, 0.4) is 0 Å². The van der Waals surface area contributed by atoms with Gasteiger partial charge in [0.1, 0.15) is 60.1 Å². The molecule has 0 radical (unpaired) electrons. The lowest BCUT2D eigenvalue weighted by atomic mass is 9.96. The maximum Gasteiger partial charge on any atom is 0.326 e. The first-order valence-corrected chi connectivity index (χ1v) is 27.7. The number of carbonyl (C=O) groups is 13. The highest BCUT2D eigenvalue weighted by Gasteiger charge is 2.42. The van der Waals surface area contributed by atoms with E-state index < -0.39 is 168 Å². The summed E-state index contributed by atoms with van der Waals surface area (Å²) in [5.74, 6) is -15.9. The van der Waals surface area contributed by atoms with Gasteiger partial charge in [-0.1, -0.05) is 66.5 Å². The number of hydrogen-bond donors (Lipinski definition) is 16. The summed E-state index contributed by atoms with van der Waals surface area (Å²) in [6.45, 7) is 10.2. The Morgan fingerprint density at radius 2 is 1.13 bits per heavy atom. The number of amides is 11. The molecule has 1 heterocycles. The lowest BCUT2D eigenvalue weighted by molar-refractivity contribution is -0.144. The molecule has 1 aliphatic heterocycles. The van der Waals surface area contributed by atoms with E-state index in [-0.39, 0.29) is 49.6 Å². The van der Waals surface area contributed by atoms with Crippen molar-refractivity contribution in [3.05, 3.63) is 29.8 Å². The van der Waals surface area contributed by atoms with E-state index in [1.165, 1.54) is 38.1 Å². The zero-order chi connectivity index (χ0) is 62.1. The van der Waals surface area contributed by atoms with E-state index in [1.54, 1.807) is 27.7 Å². The normalized spacial score (nSPS) is 16.7. The Hall–Kier alpha value is -7.60. The summed E-state index contributed by atoms with van der Waals surface area (Å²) in [5, 5.41) is 48.5. The molecule has 1 fully saturated rings. The van der Waals surface area contributed by atoms with Gasteiger partial charge in [-0.15, -0.1) is 0 Å². The van der Waals surface area contributed by atoms with Gasteiger partial charge in [-0.3, -0.25) is 57.5 Å². The van der Waals surface area contributed by atoms with Crippen LogP contribution in [0.2, 0.25) is 0 Å². The highest BCUT2D eigenvalue weighted by molar-refractivity contribution is 7.80. The van der Waals surface area contributed by atoms with E-state index in [0.29, 0.717) is 37.8 Å². The maximum absolute atomic E-state index is 14.2. The molecule has 1 aliphatic rings. The number of hydrogen-bond acceptors (Lipinski definition) is 17. The molecule has 2 rings (SSSR count). The summed E-state index contributed by atoms with van der Waals surface area (Å²) in [5.41, 5.74) is 23.0. The molecule has 0 spiro atoms. The summed E-state index contributed by atoms with van der Waals surface area (Å²) in [6.07, 6.45) is -0.841. The summed E-state index contributed by atoms with van der Waals surface area (Å²) >= 11 is 4.14. The molecular formula is C52H83N13O16S. The number of phenols is 1. The first-order chi connectivity index (χ1) is 38.4. The number of phenolic OH excluding ortho intramolecular Hbond substituents is 1. The van der Waals surface area contributed by atoms with Crippen LogP contribution in [0.1, 0.15) is 111 Å². The highest BCUT2D eigenvalue weighted by Crippen LogP contribution is 2.21. The zero-order valence-electron chi connectivity index (χ0n) is 47.1. The number of carboxylic acids is 2. The fraction of sp³-hybridized carbons (Fsp3) is 0.635. The van der Waals surface area contributed by atoms with Crippen molar-refractivity contribution in [1.29, 1.82) is 0 Å². The number of nitrogens with zero attached hydrogens (tertiary/aromatic N) is 1. The van der Waals surface area contributed by atoms with E-state index in [1.807, 2.05) is 0 Å². The fourth-order valence-corrected chi connectivity index (χ4v) is 8.92. The zero-order valence-corrected chi connectivity index (χ0v) is 48.0. The average Bonchev–Trinajstić information content (AvgIpc) is 4.06. The van der Waals surface area contributed by atoms with Crippen LogP contribution in [0.25, 0.3) is 0 Å². The lowest BCUT2D eigenvalue weighted by Gasteiger charge is -2.32. The molecule has 458 valence electrons. The van der Waals surface area contributed by atoms with Crippen molar-refractivity contribution in [2.45, 2.75) is 173 Å². The predicted molar refractivity (Wildman–Crippen MR) is 298 cm³/mol. The number of nitrogens with one attached hydrogen (secondary N) is 8. The Bertz CT molecular complexity index is 2430. The first kappa shape index (κ1) is 70.5. The van der Waals surface area contributed by atoms with Gasteiger partial charge in [0.25, 0.3) is 0 Å². The third-order valence-electron chi connectivity index (χ3n) is 13.4. The molecule has 0 bridgehead atoms. The summed E-state index contributed by atoms with van der Waals surface area (Å²) in [4.78, 5) is 174. The van der Waals surface area contributed by atoms with Crippen molar-refractivity contribution in [2.75, 3.05) is 18.8 Å². The Morgan fingerprint density at radius 3 is 1.66 bits per heavy atom. The van der Waals surface area contributed by atoms with Crippen molar-refractivity contribution in [1.82, 2.24) is 47.4 Å². The van der Waals surface area contributed by atoms with Crippen molar-refractivity contribution in [2.24, 2.45) is 40.7 Å². The Kier molecular flexibility index (Phi) is 29.8. The van der Waals surface area contributed by atoms with Gasteiger partial charge in [0.2, 0.25) is 65.0 Å². The number of likely N-dealkylation sites (tertiary alicyclic amines) is 1. The molecule has 29 nitrogen and oxygen atoms in total. The molecule has 0 aromatic heterocycles. The number of rotatable bonds is 36. The smallest absolute Gasteiger partial charge is 0.326 e. The van der Waals surface area contributed by atoms with E-state index in [9.17, 15) is 77.6 Å². The second-order valence-electron chi connectivity index (χ2n) is 21.0. The maximum atomic E-state index is 14.2. The number of carbonyl (C=O) groups excluding carboxylic acids is 11. The van der Waals surface area contributed by atoms with Crippen molar-refractivity contribution in [3.8, 4) is 5.75 Å². The topological polar surface area (TPSA) is 486 Å². The Labute approximate surface area is 480 Å². The molecule has 30 heteroatoms. The number of thiol groups is 1. The molecule has 19 N–H and O–H groups in total. The largest absolute Gasteiger partial charge is 0.508 e. The standard InChI is InChI=1S/C52H83N13O16S/c1-7-27(6)42(64-43(71)30(54)11-8-9-17-53)50(78)60-34(22-39(56)68)51(79)65-18-10-12-37(65)48(76)63-41(26(4)5)49(77)59-32(21-38(55)67)45(73)58-33(23-40(69)70)46(74)57-31(19-25(2)3)44(72)62-36(24-82)47(75)61-35(52(80)81)20-28-13-15-29(66)16-14-28/h13-16,25-27,30-37,41-42,66,82H,7-12,17-24,53-54H2,1-6H3,(H2,55,67)(H2,56,68)(H,57,74)(H,58,73)(H,59,77)(H,60,78)(H,61,75)(H,62,72)(H,63,76)(H,64,71)(H,69,70)(H,80,81)/t27-,30-,31-,32-,33-,34-,35-,36-,37-,41-,42-/m0/s1. The average molecular weight is 1180 g/mol. The lowest BCUT2D eigenvalue weighted by Crippen LogP contribution is -2.62. The number of unbranched alkanes of at least 4 members (excludes halogenated alkanes) is 1. The first-order valence-electron chi connectivity index (χ1n) is 27.0. The van der Waals surface area contributed by atoms with Gasteiger partial charge >= 0.3 is 11.9 Å². The molecule has 1 saturated heterocycles. The monoisotopic (exact) mass is 1180 g/mol. The molecule has 11 amide bonds. The van der Waals surface area contributed by atoms with Gasteiger partial charge < -0.3 is 85.7 Å². The molecule has 82 heavy (non-hydrogen) atoms. The SMILES string of the molecule is CC[C@H](C)[C@H](NC(=O)[C@@H](N)CCCCN)C(=O)N[C@@H](CC(N)=O)C(=O)N1CCC[C@H]1C(=O)N[C@H](C(=O)N[C@@H](CC(N)=O)C(=O)N[C@@H](CC(=O)O)C(=O)N[C@@H](CC(C)C)C(=O)N[C@@H](CS)C(=O)N[C@@H](Cc1ccc(O)cc1)C(=O)O)C(C)C. The van der Waals surface area contributed by atoms with E-state index >= 15 is 0 Å². The second kappa shape index (κ2) is 34.6. The Balaban J connectivity index is 2.32. The third-order valence-corrected chi connectivity index (χ3v) is 13.8. The van der Waals surface area contributed by atoms with E-state index in [0.717, 1.165) is 4.90 Å². The summed E-state index contributed by atoms with van der Waals surface area (Å²) < 4.78 is 0. The minimum atomic E-state index is -1.98. The second-order valence-corrected chi connectivity index (χ2v) is 21.4. The minimum absolute atomic E-state index is 0.0369. The van der Waals surface area contributed by atoms with Crippen molar-refractivity contribution in [3.63, 3.8) is 0 Å². The highest BCUT2D eigenvalue weighted by atomic mass is 32.1.